The summed E-state index contributed by atoms with van der Waals surface area (Å²) in [5, 5.41) is 0. The Morgan fingerprint density at radius 1 is 0.536 bits per heavy atom. The number of hydrogen-bond donors (Lipinski definition) is 1. The third-order valence-corrected chi connectivity index (χ3v) is 10.6. The summed E-state index contributed by atoms with van der Waals surface area (Å²) in [4.78, 5) is 40.4. The molecule has 0 aliphatic heterocycles. The Morgan fingerprint density at radius 2 is 0.911 bits per heavy atom. The molecule has 328 valence electrons. The van der Waals surface area contributed by atoms with Gasteiger partial charge in [-0.2, -0.15) is 0 Å². The molecule has 0 radical (unpaired) electrons. The molecular weight excluding hydrogens is 701 g/mol. The summed E-state index contributed by atoms with van der Waals surface area (Å²) in [6, 6.07) is 0.606. The molecule has 0 aliphatic rings. The second kappa shape index (κ2) is 39.6. The van der Waals surface area contributed by atoms with Crippen molar-refractivity contribution in [2.75, 3.05) is 19.8 Å². The minimum absolute atomic E-state index is 0.193. The Kier molecular flexibility index (Phi) is 38.1. The Hall–Kier alpha value is -2.19. The first-order valence-corrected chi connectivity index (χ1v) is 23.5. The predicted molar refractivity (Wildman–Crippen MR) is 236 cm³/mol. The fourth-order valence-corrected chi connectivity index (χ4v) is 7.09. The molecule has 0 aliphatic carbocycles. The number of esters is 2. The van der Waals surface area contributed by atoms with E-state index < -0.39 is 24.1 Å². The second-order valence-electron chi connectivity index (χ2n) is 16.5. The SMILES string of the molecule is CCCCCCCCC=CCCCCCCCC(=O)OCC(OCCN(C(C)C)C(C)C)C(OC(=O)CCCCCCCC=CCCCCCCCC)C(N)=O. The van der Waals surface area contributed by atoms with Crippen LogP contribution in [0.3, 0.4) is 0 Å². The number of carbonyl (C=O) groups excluding carboxylic acids is 3. The van der Waals surface area contributed by atoms with Crippen LogP contribution in [0, 0.1) is 0 Å². The van der Waals surface area contributed by atoms with E-state index in [1.165, 1.54) is 96.3 Å². The minimum atomic E-state index is -1.33. The summed E-state index contributed by atoms with van der Waals surface area (Å²) in [6.07, 6.45) is 38.2. The normalized spacial score (nSPS) is 13.1. The van der Waals surface area contributed by atoms with Crippen molar-refractivity contribution in [2.24, 2.45) is 5.73 Å². The highest BCUT2D eigenvalue weighted by Gasteiger charge is 2.33. The maximum Gasteiger partial charge on any atom is 0.306 e. The number of allylic oxidation sites excluding steroid dienone is 4. The van der Waals surface area contributed by atoms with Gasteiger partial charge in [0.25, 0.3) is 5.91 Å². The van der Waals surface area contributed by atoms with Crippen molar-refractivity contribution in [1.29, 1.82) is 0 Å². The van der Waals surface area contributed by atoms with Crippen LogP contribution in [0.2, 0.25) is 0 Å². The fourth-order valence-electron chi connectivity index (χ4n) is 7.09. The number of nitrogens with two attached hydrogens (primary N) is 1. The molecule has 2 atom stereocenters. The van der Waals surface area contributed by atoms with Crippen LogP contribution >= 0.6 is 0 Å². The van der Waals surface area contributed by atoms with Gasteiger partial charge in [0.2, 0.25) is 6.10 Å². The van der Waals surface area contributed by atoms with Gasteiger partial charge in [-0.3, -0.25) is 19.3 Å². The van der Waals surface area contributed by atoms with Gasteiger partial charge in [-0.05, 0) is 91.9 Å². The molecule has 0 heterocycles. The predicted octanol–water partition coefficient (Wildman–Crippen LogP) is 12.5. The molecule has 0 rings (SSSR count). The van der Waals surface area contributed by atoms with Crippen LogP contribution in [0.1, 0.15) is 221 Å². The molecule has 8 heteroatoms. The average molecular weight is 791 g/mol. The molecule has 0 fully saturated rings. The van der Waals surface area contributed by atoms with Crippen LogP contribution in [0.5, 0.6) is 0 Å². The number of ether oxygens (including phenoxy) is 3. The van der Waals surface area contributed by atoms with Crippen molar-refractivity contribution < 1.29 is 28.6 Å². The van der Waals surface area contributed by atoms with Gasteiger partial charge in [0.1, 0.15) is 12.7 Å². The first-order valence-electron chi connectivity index (χ1n) is 23.5. The molecule has 0 saturated heterocycles. The highest BCUT2D eigenvalue weighted by Crippen LogP contribution is 2.15. The van der Waals surface area contributed by atoms with E-state index in [0.29, 0.717) is 31.5 Å². The molecule has 2 unspecified atom stereocenters. The molecule has 0 bridgehead atoms. The third kappa shape index (κ3) is 33.9. The lowest BCUT2D eigenvalue weighted by molar-refractivity contribution is -0.171. The van der Waals surface area contributed by atoms with Gasteiger partial charge in [-0.25, -0.2) is 0 Å². The smallest absolute Gasteiger partial charge is 0.306 e. The fraction of sp³-hybridized carbons (Fsp3) is 0.854. The monoisotopic (exact) mass is 791 g/mol. The van der Waals surface area contributed by atoms with Crippen LogP contribution in [0.25, 0.3) is 0 Å². The largest absolute Gasteiger partial charge is 0.463 e. The molecular formula is C48H90N2O6. The van der Waals surface area contributed by atoms with Crippen LogP contribution < -0.4 is 5.73 Å². The number of amides is 1. The summed E-state index contributed by atoms with van der Waals surface area (Å²) in [7, 11) is 0. The highest BCUT2D eigenvalue weighted by atomic mass is 16.6. The second-order valence-corrected chi connectivity index (χ2v) is 16.5. The minimum Gasteiger partial charge on any atom is -0.463 e. The quantitative estimate of drug-likeness (QED) is 0.0373. The van der Waals surface area contributed by atoms with Crippen LogP contribution in [-0.2, 0) is 28.6 Å². The molecule has 1 amide bonds. The molecule has 2 N–H and O–H groups in total. The molecule has 8 nitrogen and oxygen atoms in total. The van der Waals surface area contributed by atoms with Gasteiger partial charge in [0.05, 0.1) is 6.61 Å². The van der Waals surface area contributed by atoms with E-state index in [2.05, 4.69) is 70.7 Å². The van der Waals surface area contributed by atoms with Crippen molar-refractivity contribution in [3.63, 3.8) is 0 Å². The van der Waals surface area contributed by atoms with Crippen molar-refractivity contribution >= 4 is 17.8 Å². The van der Waals surface area contributed by atoms with Crippen molar-refractivity contribution in [2.45, 2.75) is 246 Å². The summed E-state index contributed by atoms with van der Waals surface area (Å²) >= 11 is 0. The Morgan fingerprint density at radius 3 is 1.30 bits per heavy atom. The first-order chi connectivity index (χ1) is 27.1. The van der Waals surface area contributed by atoms with Gasteiger partial charge in [-0.15, -0.1) is 0 Å². The zero-order chi connectivity index (χ0) is 41.5. The zero-order valence-electron chi connectivity index (χ0n) is 37.5. The van der Waals surface area contributed by atoms with Crippen molar-refractivity contribution in [3.8, 4) is 0 Å². The average Bonchev–Trinajstić information content (AvgIpc) is 3.16. The van der Waals surface area contributed by atoms with E-state index in [1.54, 1.807) is 0 Å². The van der Waals surface area contributed by atoms with Crippen LogP contribution in [0.4, 0.5) is 0 Å². The first kappa shape index (κ1) is 53.8. The lowest BCUT2D eigenvalue weighted by atomic mass is 10.1. The van der Waals surface area contributed by atoms with Crippen LogP contribution in [0.15, 0.2) is 24.3 Å². The van der Waals surface area contributed by atoms with E-state index >= 15 is 0 Å². The van der Waals surface area contributed by atoms with E-state index in [0.717, 1.165) is 64.2 Å². The van der Waals surface area contributed by atoms with Crippen molar-refractivity contribution in [1.82, 2.24) is 4.90 Å². The van der Waals surface area contributed by atoms with E-state index in [-0.39, 0.29) is 25.6 Å². The number of primary amides is 1. The topological polar surface area (TPSA) is 108 Å². The number of nitrogens with zero attached hydrogens (tertiary/aromatic N) is 1. The maximum absolute atomic E-state index is 12.8. The number of hydrogen-bond acceptors (Lipinski definition) is 7. The standard InChI is InChI=1S/C48H90N2O6/c1-7-9-11-13-15-17-19-21-23-25-27-29-31-33-35-37-45(51)55-41-44(54-40-39-50(42(3)4)43(5)6)47(48(49)53)56-46(52)38-36-34-32-30-28-26-24-22-20-18-16-14-12-10-8-2/h21-24,42-44,47H,7-20,25-41H2,1-6H3,(H2,49,53). The van der Waals surface area contributed by atoms with E-state index in [4.69, 9.17) is 19.9 Å². The summed E-state index contributed by atoms with van der Waals surface area (Å²) in [5.41, 5.74) is 5.75. The van der Waals surface area contributed by atoms with Gasteiger partial charge in [-0.1, -0.05) is 141 Å². The lowest BCUT2D eigenvalue weighted by Gasteiger charge is -2.31. The molecule has 0 aromatic rings. The highest BCUT2D eigenvalue weighted by molar-refractivity contribution is 5.83. The molecule has 0 saturated carbocycles. The summed E-state index contributed by atoms with van der Waals surface area (Å²) < 4.78 is 17.3. The van der Waals surface area contributed by atoms with Gasteiger partial charge in [0, 0.05) is 31.5 Å². The maximum atomic E-state index is 12.8. The molecule has 0 aromatic carbocycles. The Labute approximate surface area is 345 Å². The van der Waals surface area contributed by atoms with E-state index in [9.17, 15) is 14.4 Å². The number of rotatable bonds is 41. The summed E-state index contributed by atoms with van der Waals surface area (Å²) in [5.74, 6) is -1.62. The van der Waals surface area contributed by atoms with Gasteiger partial charge >= 0.3 is 11.9 Å². The number of carbonyl (C=O) groups is 3. The lowest BCUT2D eigenvalue weighted by Crippen LogP contribution is -2.47. The Bertz CT molecular complexity index is 973. The molecule has 0 aromatic heterocycles. The zero-order valence-corrected chi connectivity index (χ0v) is 37.5. The molecule has 56 heavy (non-hydrogen) atoms. The van der Waals surface area contributed by atoms with Gasteiger partial charge < -0.3 is 19.9 Å². The van der Waals surface area contributed by atoms with Crippen LogP contribution in [-0.4, -0.2) is 66.8 Å². The molecule has 0 spiro atoms. The number of unbranched alkanes of at least 4 members (excludes halogenated alkanes) is 22. The third-order valence-electron chi connectivity index (χ3n) is 10.6. The Balaban J connectivity index is 4.61. The summed E-state index contributed by atoms with van der Waals surface area (Å²) in [6.45, 7) is 13.7. The van der Waals surface area contributed by atoms with Crippen molar-refractivity contribution in [3.05, 3.63) is 24.3 Å². The van der Waals surface area contributed by atoms with Gasteiger partial charge in [0.15, 0.2) is 0 Å². The van der Waals surface area contributed by atoms with E-state index in [1.807, 2.05) is 0 Å².